The van der Waals surface area contributed by atoms with Gasteiger partial charge in [0.25, 0.3) is 5.91 Å². The van der Waals surface area contributed by atoms with E-state index in [1.165, 1.54) is 16.4 Å². The zero-order valence-electron chi connectivity index (χ0n) is 19.6. The summed E-state index contributed by atoms with van der Waals surface area (Å²) in [6, 6.07) is 12.0. The number of aromatic nitrogens is 1. The number of morpholine rings is 1. The van der Waals surface area contributed by atoms with Crippen molar-refractivity contribution in [2.75, 3.05) is 44.2 Å². The van der Waals surface area contributed by atoms with E-state index in [9.17, 15) is 13.2 Å². The molecule has 3 heterocycles. The van der Waals surface area contributed by atoms with Gasteiger partial charge in [-0.15, -0.1) is 0 Å². The van der Waals surface area contributed by atoms with Gasteiger partial charge in [0.05, 0.1) is 26.8 Å². The molecule has 35 heavy (non-hydrogen) atoms. The highest BCUT2D eigenvalue weighted by atomic mass is 35.5. The standard InChI is InChI=1S/C24H27ClN4O4S2/c1-16-14-29(15-17(2)33-16)35(31,32)19-8-6-18(7-9-19)23(30)27-10-12-28(13-11-27)24-26-22-20(25)4-3-5-21(22)34-24/h3-9,16-17H,10-15H2,1-2H3. The van der Waals surface area contributed by atoms with Gasteiger partial charge >= 0.3 is 0 Å². The number of halogens is 1. The van der Waals surface area contributed by atoms with Crippen LogP contribution in [0, 0.1) is 0 Å². The maximum Gasteiger partial charge on any atom is 0.253 e. The fourth-order valence-electron chi connectivity index (χ4n) is 4.57. The lowest BCUT2D eigenvalue weighted by Crippen LogP contribution is -2.48. The quantitative estimate of drug-likeness (QED) is 0.507. The largest absolute Gasteiger partial charge is 0.373 e. The van der Waals surface area contributed by atoms with E-state index in [-0.39, 0.29) is 23.0 Å². The van der Waals surface area contributed by atoms with Crippen molar-refractivity contribution < 1.29 is 17.9 Å². The minimum Gasteiger partial charge on any atom is -0.373 e. The van der Waals surface area contributed by atoms with Gasteiger partial charge in [-0.1, -0.05) is 29.0 Å². The molecule has 5 rings (SSSR count). The second-order valence-corrected chi connectivity index (χ2v) is 12.3. The van der Waals surface area contributed by atoms with Gasteiger partial charge in [0, 0.05) is 44.8 Å². The fraction of sp³-hybridized carbons (Fsp3) is 0.417. The number of hydrogen-bond donors (Lipinski definition) is 0. The molecule has 0 spiro atoms. The molecular weight excluding hydrogens is 508 g/mol. The number of rotatable bonds is 4. The van der Waals surface area contributed by atoms with Gasteiger partial charge < -0.3 is 14.5 Å². The summed E-state index contributed by atoms with van der Waals surface area (Å²) >= 11 is 7.86. The summed E-state index contributed by atoms with van der Waals surface area (Å²) in [5.74, 6) is -0.102. The Morgan fingerprint density at radius 3 is 2.31 bits per heavy atom. The van der Waals surface area contributed by atoms with Crippen LogP contribution in [0.2, 0.25) is 5.02 Å². The topological polar surface area (TPSA) is 83.1 Å². The number of nitrogens with zero attached hydrogens (tertiary/aromatic N) is 4. The van der Waals surface area contributed by atoms with Crippen LogP contribution in [0.5, 0.6) is 0 Å². The maximum atomic E-state index is 13.1. The average Bonchev–Trinajstić information content (AvgIpc) is 3.29. The van der Waals surface area contributed by atoms with Gasteiger partial charge in [0.15, 0.2) is 5.13 Å². The Kier molecular flexibility index (Phi) is 6.75. The van der Waals surface area contributed by atoms with Crippen LogP contribution in [-0.4, -0.2) is 80.0 Å². The first-order chi connectivity index (χ1) is 16.7. The molecule has 1 aromatic heterocycles. The molecule has 2 fully saturated rings. The van der Waals surface area contributed by atoms with Crippen LogP contribution in [0.4, 0.5) is 5.13 Å². The first-order valence-electron chi connectivity index (χ1n) is 11.6. The summed E-state index contributed by atoms with van der Waals surface area (Å²) in [7, 11) is -3.64. The van der Waals surface area contributed by atoms with Gasteiger partial charge in [-0.2, -0.15) is 4.31 Å². The van der Waals surface area contributed by atoms with E-state index in [2.05, 4.69) is 9.88 Å². The van der Waals surface area contributed by atoms with Crippen LogP contribution in [0.25, 0.3) is 10.2 Å². The molecular formula is C24H27ClN4O4S2. The molecule has 11 heteroatoms. The minimum absolute atomic E-state index is 0.102. The van der Waals surface area contributed by atoms with Crippen LogP contribution in [0.3, 0.4) is 0 Å². The molecule has 186 valence electrons. The number of carbonyl (C=O) groups excluding carboxylic acids is 1. The molecule has 0 N–H and O–H groups in total. The predicted octanol–water partition coefficient (Wildman–Crippen LogP) is 3.71. The van der Waals surface area contributed by atoms with Crippen molar-refractivity contribution in [3.63, 3.8) is 0 Å². The summed E-state index contributed by atoms with van der Waals surface area (Å²) in [6.07, 6.45) is -0.319. The highest BCUT2D eigenvalue weighted by Gasteiger charge is 2.32. The molecule has 2 aliphatic heterocycles. The first kappa shape index (κ1) is 24.5. The number of carbonyl (C=O) groups is 1. The summed E-state index contributed by atoms with van der Waals surface area (Å²) in [5.41, 5.74) is 1.29. The number of fused-ring (bicyclic) bond motifs is 1. The Hall–Kier alpha value is -2.24. The maximum absolute atomic E-state index is 13.1. The Morgan fingerprint density at radius 2 is 1.69 bits per heavy atom. The second-order valence-electron chi connectivity index (χ2n) is 8.97. The Labute approximate surface area is 214 Å². The fourth-order valence-corrected chi connectivity index (χ4v) is 7.47. The molecule has 0 saturated carbocycles. The number of para-hydroxylation sites is 1. The van der Waals surface area contributed by atoms with E-state index in [1.54, 1.807) is 28.4 Å². The molecule has 0 bridgehead atoms. The van der Waals surface area contributed by atoms with Crippen molar-refractivity contribution >= 4 is 54.2 Å². The smallest absolute Gasteiger partial charge is 0.253 e. The predicted molar refractivity (Wildman–Crippen MR) is 138 cm³/mol. The third-order valence-electron chi connectivity index (χ3n) is 6.32. The minimum atomic E-state index is -3.64. The molecule has 2 aliphatic rings. The van der Waals surface area contributed by atoms with Crippen molar-refractivity contribution in [3.8, 4) is 0 Å². The SMILES string of the molecule is CC1CN(S(=O)(=O)c2ccc(C(=O)N3CCN(c4nc5c(Cl)cccc5s4)CC3)cc2)CC(C)O1. The Bertz CT molecular complexity index is 1330. The zero-order chi connectivity index (χ0) is 24.7. The number of hydrogen-bond acceptors (Lipinski definition) is 7. The summed E-state index contributed by atoms with van der Waals surface area (Å²) in [6.45, 7) is 6.83. The lowest BCUT2D eigenvalue weighted by atomic mass is 10.2. The van der Waals surface area contributed by atoms with E-state index in [4.69, 9.17) is 16.3 Å². The van der Waals surface area contributed by atoms with Crippen molar-refractivity contribution in [1.82, 2.24) is 14.2 Å². The monoisotopic (exact) mass is 534 g/mol. The molecule has 0 radical (unpaired) electrons. The van der Waals surface area contributed by atoms with E-state index in [0.29, 0.717) is 49.9 Å². The normalized spacial score (nSPS) is 22.0. The molecule has 8 nitrogen and oxygen atoms in total. The van der Waals surface area contributed by atoms with Crippen LogP contribution < -0.4 is 4.90 Å². The summed E-state index contributed by atoms with van der Waals surface area (Å²) < 4.78 is 34.3. The summed E-state index contributed by atoms with van der Waals surface area (Å²) in [5, 5.41) is 1.54. The van der Waals surface area contributed by atoms with Crippen molar-refractivity contribution in [3.05, 3.63) is 53.1 Å². The lowest BCUT2D eigenvalue weighted by Gasteiger charge is -2.35. The number of thiazole rings is 1. The van der Waals surface area contributed by atoms with Crippen molar-refractivity contribution in [2.24, 2.45) is 0 Å². The number of anilines is 1. The molecule has 1 amide bonds. The third kappa shape index (κ3) is 4.90. The molecule has 2 aromatic carbocycles. The van der Waals surface area contributed by atoms with Gasteiger partial charge in [-0.25, -0.2) is 13.4 Å². The third-order valence-corrected chi connectivity index (χ3v) is 9.55. The van der Waals surface area contributed by atoms with Crippen LogP contribution >= 0.6 is 22.9 Å². The van der Waals surface area contributed by atoms with Crippen LogP contribution in [0.15, 0.2) is 47.4 Å². The first-order valence-corrected chi connectivity index (χ1v) is 14.2. The van der Waals surface area contributed by atoms with Gasteiger partial charge in [0.1, 0.15) is 5.52 Å². The molecule has 2 atom stereocenters. The number of benzene rings is 2. The highest BCUT2D eigenvalue weighted by Crippen LogP contribution is 2.33. The molecule has 2 saturated heterocycles. The van der Waals surface area contributed by atoms with Crippen molar-refractivity contribution in [2.45, 2.75) is 31.0 Å². The van der Waals surface area contributed by atoms with Gasteiger partial charge in [0.2, 0.25) is 10.0 Å². The van der Waals surface area contributed by atoms with Gasteiger partial charge in [-0.05, 0) is 50.2 Å². The second kappa shape index (κ2) is 9.67. The van der Waals surface area contributed by atoms with E-state index < -0.39 is 10.0 Å². The highest BCUT2D eigenvalue weighted by molar-refractivity contribution is 7.89. The van der Waals surface area contributed by atoms with Crippen LogP contribution in [-0.2, 0) is 14.8 Å². The Morgan fingerprint density at radius 1 is 1.03 bits per heavy atom. The van der Waals surface area contributed by atoms with E-state index >= 15 is 0 Å². The molecule has 2 unspecified atom stereocenters. The average molecular weight is 535 g/mol. The summed E-state index contributed by atoms with van der Waals surface area (Å²) in [4.78, 5) is 21.9. The van der Waals surface area contributed by atoms with E-state index in [0.717, 1.165) is 15.3 Å². The van der Waals surface area contributed by atoms with Crippen molar-refractivity contribution in [1.29, 1.82) is 0 Å². The lowest BCUT2D eigenvalue weighted by molar-refractivity contribution is -0.0440. The number of ether oxygens (including phenoxy) is 1. The van der Waals surface area contributed by atoms with E-state index in [1.807, 2.05) is 32.0 Å². The number of amides is 1. The molecule has 0 aliphatic carbocycles. The van der Waals surface area contributed by atoms with Crippen LogP contribution in [0.1, 0.15) is 24.2 Å². The Balaban J connectivity index is 1.23. The van der Waals surface area contributed by atoms with Gasteiger partial charge in [-0.3, -0.25) is 4.79 Å². The zero-order valence-corrected chi connectivity index (χ0v) is 21.9. The molecule has 3 aromatic rings. The number of piperazine rings is 1. The number of sulfonamides is 1.